The molecule has 0 spiro atoms. The molecule has 4 nitrogen and oxygen atoms in total. The molecule has 3 aromatic heterocycles. The molecule has 0 aliphatic heterocycles. The maximum atomic E-state index is 8.96. The molecule has 0 aromatic carbocycles. The molecule has 0 unspecified atom stereocenters. The van der Waals surface area contributed by atoms with E-state index < -0.39 is 0 Å². The summed E-state index contributed by atoms with van der Waals surface area (Å²) in [5.74, 6) is 0. The molecule has 0 aliphatic carbocycles. The topological polar surface area (TPSA) is 52.8 Å². The molecule has 0 N–H and O–H groups in total. The van der Waals surface area contributed by atoms with Crippen molar-refractivity contribution in [2.75, 3.05) is 13.1 Å². The summed E-state index contributed by atoms with van der Waals surface area (Å²) in [5, 5.41) is 8.96. The smallest absolute Gasteiger partial charge is 0.101 e. The molecule has 3 heterocycles. The summed E-state index contributed by atoms with van der Waals surface area (Å²) in [6.07, 6.45) is 3.56. The highest BCUT2D eigenvalue weighted by molar-refractivity contribution is 7.22. The second-order valence-corrected chi connectivity index (χ2v) is 6.43. The van der Waals surface area contributed by atoms with Crippen LogP contribution in [0.1, 0.15) is 25.0 Å². The van der Waals surface area contributed by atoms with Crippen molar-refractivity contribution in [2.45, 2.75) is 20.4 Å². The van der Waals surface area contributed by atoms with E-state index in [0.29, 0.717) is 5.56 Å². The summed E-state index contributed by atoms with van der Waals surface area (Å²) in [5.41, 5.74) is 3.68. The molecule has 0 fully saturated rings. The molecule has 0 saturated heterocycles. The van der Waals surface area contributed by atoms with Gasteiger partial charge in [-0.25, -0.2) is 0 Å². The summed E-state index contributed by atoms with van der Waals surface area (Å²) >= 11 is 1.62. The van der Waals surface area contributed by atoms with Gasteiger partial charge < -0.3 is 0 Å². The van der Waals surface area contributed by atoms with E-state index in [1.165, 1.54) is 5.56 Å². The normalized spacial score (nSPS) is 11.0. The van der Waals surface area contributed by atoms with Crippen molar-refractivity contribution < 1.29 is 0 Å². The minimum atomic E-state index is 0.591. The third-order valence-corrected chi connectivity index (χ3v) is 4.97. The molecular weight excluding hydrogens is 304 g/mol. The number of aromatic nitrogens is 2. The van der Waals surface area contributed by atoms with Crippen molar-refractivity contribution in [1.82, 2.24) is 14.9 Å². The lowest BCUT2D eigenvalue weighted by molar-refractivity contribution is 0.295. The zero-order valence-electron chi connectivity index (χ0n) is 13.3. The number of pyridine rings is 2. The average molecular weight is 322 g/mol. The van der Waals surface area contributed by atoms with Crippen LogP contribution in [0, 0.1) is 11.3 Å². The van der Waals surface area contributed by atoms with Crippen molar-refractivity contribution in [1.29, 1.82) is 5.26 Å². The van der Waals surface area contributed by atoms with Gasteiger partial charge in [-0.3, -0.25) is 14.9 Å². The Morgan fingerprint density at radius 1 is 1.13 bits per heavy atom. The number of hydrogen-bond acceptors (Lipinski definition) is 5. The lowest BCUT2D eigenvalue weighted by atomic mass is 10.2. The van der Waals surface area contributed by atoms with Crippen molar-refractivity contribution in [2.24, 2.45) is 0 Å². The van der Waals surface area contributed by atoms with Gasteiger partial charge in [-0.15, -0.1) is 11.3 Å². The summed E-state index contributed by atoms with van der Waals surface area (Å²) in [7, 11) is 0. The number of nitriles is 1. The third-order valence-electron chi connectivity index (χ3n) is 3.88. The lowest BCUT2D eigenvalue weighted by Gasteiger charge is -2.17. The SMILES string of the molecule is CCN(CC)Cc1ccc(-c2cc3ncc(C#N)cc3s2)nc1. The average Bonchev–Trinajstić information content (AvgIpc) is 3.03. The first-order valence-electron chi connectivity index (χ1n) is 7.70. The van der Waals surface area contributed by atoms with Crippen LogP contribution in [-0.4, -0.2) is 28.0 Å². The van der Waals surface area contributed by atoms with Crippen LogP contribution in [0.4, 0.5) is 0 Å². The first-order chi connectivity index (χ1) is 11.2. The van der Waals surface area contributed by atoms with Crippen LogP contribution in [0.5, 0.6) is 0 Å². The fraction of sp³-hybridized carbons (Fsp3) is 0.278. The molecular formula is C18H18N4S. The molecule has 0 saturated carbocycles. The fourth-order valence-corrected chi connectivity index (χ4v) is 3.51. The Balaban J connectivity index is 1.86. The highest BCUT2D eigenvalue weighted by Crippen LogP contribution is 2.31. The van der Waals surface area contributed by atoms with Crippen molar-refractivity contribution in [3.05, 3.63) is 47.8 Å². The van der Waals surface area contributed by atoms with Crippen LogP contribution in [0.25, 0.3) is 20.8 Å². The largest absolute Gasteiger partial charge is 0.300 e. The molecule has 23 heavy (non-hydrogen) atoms. The highest BCUT2D eigenvalue weighted by Gasteiger charge is 2.08. The summed E-state index contributed by atoms with van der Waals surface area (Å²) in [6.45, 7) is 7.36. The zero-order valence-corrected chi connectivity index (χ0v) is 14.1. The Morgan fingerprint density at radius 3 is 2.61 bits per heavy atom. The van der Waals surface area contributed by atoms with Gasteiger partial charge in [0, 0.05) is 18.9 Å². The van der Waals surface area contributed by atoms with Crippen molar-refractivity contribution >= 4 is 21.6 Å². The molecule has 0 atom stereocenters. The van der Waals surface area contributed by atoms with E-state index in [4.69, 9.17) is 5.26 Å². The minimum absolute atomic E-state index is 0.591. The second kappa shape index (κ2) is 6.86. The highest BCUT2D eigenvalue weighted by atomic mass is 32.1. The second-order valence-electron chi connectivity index (χ2n) is 5.34. The van der Waals surface area contributed by atoms with Gasteiger partial charge in [0.2, 0.25) is 0 Å². The quantitative estimate of drug-likeness (QED) is 0.710. The zero-order chi connectivity index (χ0) is 16.2. The summed E-state index contributed by atoms with van der Waals surface area (Å²) in [4.78, 5) is 12.4. The predicted molar refractivity (Wildman–Crippen MR) is 94.2 cm³/mol. The van der Waals surface area contributed by atoms with E-state index in [1.807, 2.05) is 18.3 Å². The van der Waals surface area contributed by atoms with Crippen LogP contribution >= 0.6 is 11.3 Å². The van der Waals surface area contributed by atoms with Crippen molar-refractivity contribution in [3.8, 4) is 16.6 Å². The molecule has 0 radical (unpaired) electrons. The number of rotatable bonds is 5. The maximum Gasteiger partial charge on any atom is 0.101 e. The van der Waals surface area contributed by atoms with E-state index >= 15 is 0 Å². The van der Waals surface area contributed by atoms with Crippen LogP contribution in [0.3, 0.4) is 0 Å². The van der Waals surface area contributed by atoms with E-state index in [-0.39, 0.29) is 0 Å². The standard InChI is InChI=1S/C18H18N4S/c1-3-22(4-2)12-13-5-6-15(20-10-13)18-8-16-17(23-18)7-14(9-19)11-21-16/h5-8,10-11H,3-4,12H2,1-2H3. The van der Waals surface area contributed by atoms with E-state index in [2.05, 4.69) is 46.9 Å². The molecule has 0 bridgehead atoms. The number of hydrogen-bond donors (Lipinski definition) is 0. The Labute approximate surface area is 140 Å². The fourth-order valence-electron chi connectivity index (χ4n) is 2.47. The van der Waals surface area contributed by atoms with Gasteiger partial charge in [-0.1, -0.05) is 19.9 Å². The Kier molecular flexibility index (Phi) is 4.65. The molecule has 3 aromatic rings. The number of fused-ring (bicyclic) bond motifs is 1. The van der Waals surface area contributed by atoms with Gasteiger partial charge in [0.1, 0.15) is 6.07 Å². The first-order valence-corrected chi connectivity index (χ1v) is 8.52. The molecule has 0 aliphatic rings. The van der Waals surface area contributed by atoms with Crippen molar-refractivity contribution in [3.63, 3.8) is 0 Å². The monoisotopic (exact) mass is 322 g/mol. The molecule has 116 valence electrons. The van der Waals surface area contributed by atoms with E-state index in [0.717, 1.165) is 40.4 Å². The lowest BCUT2D eigenvalue weighted by Crippen LogP contribution is -2.22. The maximum absolute atomic E-state index is 8.96. The van der Waals surface area contributed by atoms with Crippen LogP contribution < -0.4 is 0 Å². The van der Waals surface area contributed by atoms with Crippen LogP contribution in [0.15, 0.2) is 36.7 Å². The number of nitrogens with zero attached hydrogens (tertiary/aromatic N) is 4. The predicted octanol–water partition coefficient (Wildman–Crippen LogP) is 4.07. The van der Waals surface area contributed by atoms with Gasteiger partial charge in [0.15, 0.2) is 0 Å². The molecule has 3 rings (SSSR count). The van der Waals surface area contributed by atoms with Crippen LogP contribution in [-0.2, 0) is 6.54 Å². The number of thiophene rings is 1. The van der Waals surface area contributed by atoms with Crippen LogP contribution in [0.2, 0.25) is 0 Å². The molecule has 0 amide bonds. The Hall–Kier alpha value is -2.29. The first kappa shape index (κ1) is 15.6. The van der Waals surface area contributed by atoms with E-state index in [9.17, 15) is 0 Å². The van der Waals surface area contributed by atoms with E-state index in [1.54, 1.807) is 17.5 Å². The van der Waals surface area contributed by atoms with Gasteiger partial charge in [-0.2, -0.15) is 5.26 Å². The minimum Gasteiger partial charge on any atom is -0.300 e. The summed E-state index contributed by atoms with van der Waals surface area (Å²) in [6, 6.07) is 10.2. The van der Waals surface area contributed by atoms with Gasteiger partial charge in [0.25, 0.3) is 0 Å². The third kappa shape index (κ3) is 3.39. The van der Waals surface area contributed by atoms with Gasteiger partial charge in [-0.05, 0) is 36.9 Å². The van der Waals surface area contributed by atoms with Gasteiger partial charge >= 0.3 is 0 Å². The van der Waals surface area contributed by atoms with Gasteiger partial charge in [0.05, 0.1) is 26.4 Å². The Morgan fingerprint density at radius 2 is 1.96 bits per heavy atom. The Bertz CT molecular complexity index is 842. The summed E-state index contributed by atoms with van der Waals surface area (Å²) < 4.78 is 1.02. The molecule has 5 heteroatoms.